The minimum Gasteiger partial charge on any atom is -0.481 e. The summed E-state index contributed by atoms with van der Waals surface area (Å²) in [5, 5.41) is 13.4. The zero-order valence-corrected chi connectivity index (χ0v) is 12.1. The van der Waals surface area contributed by atoms with Crippen LogP contribution in [0.15, 0.2) is 10.9 Å². The van der Waals surface area contributed by atoms with E-state index in [0.29, 0.717) is 32.0 Å². The first kappa shape index (κ1) is 14.8. The fraction of sp³-hybridized carbons (Fsp3) is 0.615. The van der Waals surface area contributed by atoms with Crippen molar-refractivity contribution in [1.29, 1.82) is 0 Å². The highest BCUT2D eigenvalue weighted by Crippen LogP contribution is 2.21. The Morgan fingerprint density at radius 3 is 2.80 bits per heavy atom. The standard InChI is InChI=1S/C13H19N3O3S/c17-12(18)2-1-10-3-5-16(6-4-10)13(19)14-7-11-8-20-9-15-11/h8-10H,1-7H2,(H,14,19)(H,17,18). The molecule has 2 amide bonds. The van der Waals surface area contributed by atoms with E-state index in [9.17, 15) is 9.59 Å². The van der Waals surface area contributed by atoms with Crippen molar-refractivity contribution < 1.29 is 14.7 Å². The Hall–Kier alpha value is -1.63. The van der Waals surface area contributed by atoms with Gasteiger partial charge in [0.05, 0.1) is 17.7 Å². The molecule has 2 rings (SSSR count). The topological polar surface area (TPSA) is 82.5 Å². The van der Waals surface area contributed by atoms with Crippen LogP contribution in [0.5, 0.6) is 0 Å². The molecule has 0 aromatic carbocycles. The average molecular weight is 297 g/mol. The number of likely N-dealkylation sites (tertiary alicyclic amines) is 1. The Kier molecular flexibility index (Phi) is 5.34. The number of urea groups is 1. The van der Waals surface area contributed by atoms with E-state index in [0.717, 1.165) is 18.5 Å². The lowest BCUT2D eigenvalue weighted by atomic mass is 9.92. The molecule has 1 aliphatic rings. The molecule has 0 atom stereocenters. The number of piperidine rings is 1. The number of carboxylic acids is 1. The van der Waals surface area contributed by atoms with E-state index in [1.807, 2.05) is 5.38 Å². The van der Waals surface area contributed by atoms with Gasteiger partial charge < -0.3 is 15.3 Å². The highest BCUT2D eigenvalue weighted by atomic mass is 32.1. The van der Waals surface area contributed by atoms with Gasteiger partial charge in [-0.2, -0.15) is 0 Å². The van der Waals surface area contributed by atoms with Gasteiger partial charge in [0.2, 0.25) is 0 Å². The van der Waals surface area contributed by atoms with Gasteiger partial charge in [-0.15, -0.1) is 11.3 Å². The molecule has 6 nitrogen and oxygen atoms in total. The van der Waals surface area contributed by atoms with Crippen LogP contribution in [0.4, 0.5) is 4.79 Å². The molecule has 1 aromatic heterocycles. The van der Waals surface area contributed by atoms with Gasteiger partial charge in [-0.25, -0.2) is 9.78 Å². The molecule has 20 heavy (non-hydrogen) atoms. The first-order valence-corrected chi connectivity index (χ1v) is 7.71. The van der Waals surface area contributed by atoms with Gasteiger partial charge in [0, 0.05) is 24.9 Å². The minimum atomic E-state index is -0.742. The molecule has 1 aliphatic heterocycles. The quantitative estimate of drug-likeness (QED) is 0.870. The second-order valence-electron chi connectivity index (χ2n) is 5.00. The molecular weight excluding hydrogens is 278 g/mol. The normalized spacial score (nSPS) is 16.1. The zero-order chi connectivity index (χ0) is 14.4. The van der Waals surface area contributed by atoms with Gasteiger partial charge >= 0.3 is 12.0 Å². The third-order valence-corrected chi connectivity index (χ3v) is 4.21. The third-order valence-electron chi connectivity index (χ3n) is 3.57. The second-order valence-corrected chi connectivity index (χ2v) is 5.72. The van der Waals surface area contributed by atoms with Crippen LogP contribution >= 0.6 is 11.3 Å². The molecule has 1 aromatic rings. The first-order chi connectivity index (χ1) is 9.65. The van der Waals surface area contributed by atoms with Crippen LogP contribution in [-0.4, -0.2) is 40.1 Å². The fourth-order valence-electron chi connectivity index (χ4n) is 2.36. The van der Waals surface area contributed by atoms with Crippen molar-refractivity contribution in [3.63, 3.8) is 0 Å². The van der Waals surface area contributed by atoms with E-state index < -0.39 is 5.97 Å². The molecular formula is C13H19N3O3S. The minimum absolute atomic E-state index is 0.0605. The number of hydrogen-bond acceptors (Lipinski definition) is 4. The molecule has 7 heteroatoms. The van der Waals surface area contributed by atoms with Crippen molar-refractivity contribution in [1.82, 2.24) is 15.2 Å². The van der Waals surface area contributed by atoms with Gasteiger partial charge in [-0.3, -0.25) is 4.79 Å². The Balaban J connectivity index is 1.67. The summed E-state index contributed by atoms with van der Waals surface area (Å²) in [6.07, 6.45) is 2.71. The van der Waals surface area contributed by atoms with Crippen molar-refractivity contribution >= 4 is 23.3 Å². The van der Waals surface area contributed by atoms with E-state index in [-0.39, 0.29) is 12.5 Å². The Labute approximate surface area is 121 Å². The molecule has 1 saturated heterocycles. The molecule has 1 fully saturated rings. The largest absolute Gasteiger partial charge is 0.481 e. The third kappa shape index (κ3) is 4.48. The molecule has 0 bridgehead atoms. The lowest BCUT2D eigenvalue weighted by molar-refractivity contribution is -0.137. The zero-order valence-electron chi connectivity index (χ0n) is 11.2. The Morgan fingerprint density at radius 2 is 2.20 bits per heavy atom. The summed E-state index contributed by atoms with van der Waals surface area (Å²) in [5.41, 5.74) is 2.62. The number of carbonyl (C=O) groups is 2. The predicted molar refractivity (Wildman–Crippen MR) is 75.5 cm³/mol. The maximum absolute atomic E-state index is 12.0. The molecule has 110 valence electrons. The van der Waals surface area contributed by atoms with E-state index >= 15 is 0 Å². The van der Waals surface area contributed by atoms with Crippen LogP contribution in [0.1, 0.15) is 31.4 Å². The van der Waals surface area contributed by atoms with Crippen LogP contribution in [0, 0.1) is 5.92 Å². The summed E-state index contributed by atoms with van der Waals surface area (Å²) in [6, 6.07) is -0.0605. The molecule has 2 heterocycles. The summed E-state index contributed by atoms with van der Waals surface area (Å²) >= 11 is 1.51. The van der Waals surface area contributed by atoms with Crippen molar-refractivity contribution in [3.05, 3.63) is 16.6 Å². The number of rotatable bonds is 5. The molecule has 0 aliphatic carbocycles. The highest BCUT2D eigenvalue weighted by molar-refractivity contribution is 7.07. The van der Waals surface area contributed by atoms with Crippen molar-refractivity contribution in [3.8, 4) is 0 Å². The number of aromatic nitrogens is 1. The maximum Gasteiger partial charge on any atom is 0.317 e. The van der Waals surface area contributed by atoms with Crippen LogP contribution in [-0.2, 0) is 11.3 Å². The second kappa shape index (κ2) is 7.23. The smallest absolute Gasteiger partial charge is 0.317 e. The average Bonchev–Trinajstić information content (AvgIpc) is 2.96. The highest BCUT2D eigenvalue weighted by Gasteiger charge is 2.22. The Morgan fingerprint density at radius 1 is 1.45 bits per heavy atom. The maximum atomic E-state index is 12.0. The van der Waals surface area contributed by atoms with E-state index in [1.54, 1.807) is 10.4 Å². The lowest BCUT2D eigenvalue weighted by Crippen LogP contribution is -2.44. The summed E-state index contributed by atoms with van der Waals surface area (Å²) in [7, 11) is 0. The lowest BCUT2D eigenvalue weighted by Gasteiger charge is -2.31. The van der Waals surface area contributed by atoms with Gasteiger partial charge in [0.1, 0.15) is 0 Å². The van der Waals surface area contributed by atoms with Gasteiger partial charge in [-0.05, 0) is 25.2 Å². The predicted octanol–water partition coefficient (Wildman–Crippen LogP) is 1.93. The van der Waals surface area contributed by atoms with Crippen LogP contribution in [0.3, 0.4) is 0 Å². The monoisotopic (exact) mass is 297 g/mol. The van der Waals surface area contributed by atoms with Crippen LogP contribution in [0.25, 0.3) is 0 Å². The van der Waals surface area contributed by atoms with Crippen molar-refractivity contribution in [2.75, 3.05) is 13.1 Å². The number of carboxylic acid groups (broad SMARTS) is 1. The van der Waals surface area contributed by atoms with Gasteiger partial charge in [-0.1, -0.05) is 0 Å². The van der Waals surface area contributed by atoms with Crippen LogP contribution < -0.4 is 5.32 Å². The van der Waals surface area contributed by atoms with E-state index in [2.05, 4.69) is 10.3 Å². The summed E-state index contributed by atoms with van der Waals surface area (Å²) in [6.45, 7) is 1.86. The van der Waals surface area contributed by atoms with Gasteiger partial charge in [0.25, 0.3) is 0 Å². The number of aliphatic carboxylic acids is 1. The fourth-order valence-corrected chi connectivity index (χ4v) is 2.91. The van der Waals surface area contributed by atoms with Crippen molar-refractivity contribution in [2.45, 2.75) is 32.2 Å². The molecule has 0 radical (unpaired) electrons. The van der Waals surface area contributed by atoms with Gasteiger partial charge in [0.15, 0.2) is 0 Å². The Bertz CT molecular complexity index is 442. The van der Waals surface area contributed by atoms with Crippen LogP contribution in [0.2, 0.25) is 0 Å². The summed E-state index contributed by atoms with van der Waals surface area (Å²) < 4.78 is 0. The van der Waals surface area contributed by atoms with E-state index in [1.165, 1.54) is 11.3 Å². The molecule has 0 spiro atoms. The SMILES string of the molecule is O=C(O)CCC1CCN(C(=O)NCc2cscn2)CC1. The number of hydrogen-bond donors (Lipinski definition) is 2. The summed E-state index contributed by atoms with van der Waals surface area (Å²) in [5.74, 6) is -0.317. The molecule has 0 unspecified atom stereocenters. The number of amides is 2. The number of carbonyl (C=O) groups excluding carboxylic acids is 1. The number of nitrogens with one attached hydrogen (secondary N) is 1. The summed E-state index contributed by atoms with van der Waals surface area (Å²) in [4.78, 5) is 28.4. The van der Waals surface area contributed by atoms with E-state index in [4.69, 9.17) is 5.11 Å². The molecule has 2 N–H and O–H groups in total. The van der Waals surface area contributed by atoms with Crippen molar-refractivity contribution in [2.24, 2.45) is 5.92 Å². The number of thiazole rings is 1. The number of nitrogens with zero attached hydrogens (tertiary/aromatic N) is 2. The molecule has 0 saturated carbocycles. The first-order valence-electron chi connectivity index (χ1n) is 6.77.